The number of fused-ring (bicyclic) bond motifs is 3. The topological polar surface area (TPSA) is 542 Å². The molecule has 5 fully saturated rings. The van der Waals surface area contributed by atoms with E-state index in [0.717, 1.165) is 45.6 Å². The molecule has 11 heterocycles. The van der Waals surface area contributed by atoms with E-state index in [1.165, 1.54) is 51.7 Å². The molecule has 6 aliphatic rings. The van der Waals surface area contributed by atoms with E-state index in [4.69, 9.17) is 92.1 Å². The lowest BCUT2D eigenvalue weighted by Crippen LogP contribution is -2.41. The van der Waals surface area contributed by atoms with Gasteiger partial charge in [0.1, 0.15) is 83.2 Å². The minimum absolute atomic E-state index is 0.126. The highest BCUT2D eigenvalue weighted by atomic mass is 35.5. The predicted molar refractivity (Wildman–Crippen MR) is 536 cm³/mol. The number of aromatic amines is 3. The van der Waals surface area contributed by atoms with Crippen LogP contribution in [-0.2, 0) is 71.2 Å². The number of alkyl halides is 1. The molecule has 1 amide bonds. The summed E-state index contributed by atoms with van der Waals surface area (Å²) in [7, 11) is 11.3. The van der Waals surface area contributed by atoms with Gasteiger partial charge in [-0.2, -0.15) is 9.97 Å². The van der Waals surface area contributed by atoms with Gasteiger partial charge in [0.15, 0.2) is 37.2 Å². The number of H-pyrrole nitrogens is 3. The largest absolute Gasteiger partial charge is 0.497 e. The molecule has 25 atom stereocenters. The number of rotatable bonds is 34. The van der Waals surface area contributed by atoms with Crippen molar-refractivity contribution in [3.8, 4) is 17.5 Å². The summed E-state index contributed by atoms with van der Waals surface area (Å²) >= 11 is 7.22. The fourth-order valence-electron chi connectivity index (χ4n) is 16.0. The number of halogens is 1. The standard InChI is InChI=1S/C21H19ClO2.C21H27N3O6.2C15H24N2O6.C14H22N2O7.C11H14N2O4.C5H12O/c1-23-19-12-8-17(9-13-19)21(22,16-6-4-3-5-7-16)18-10-14-20(24-2)15-11-18;1-4-15-17(25)18(29-12-13(2)28-3)20(30-15)24-11-10-16(23-21(24)27)22-19(26)14-8-6-5-7-9-14;2*1-5-10-11(18)12(22-7-9(3)21-4)14(23-10)17-6-8(2)13(19)16-15(17)20;1-7-4-16(14(20)15-12(7)19)13-11(22-6-8(2)21-3)10(18)9(5-17)23-13;1-3-6-7(14)8-10(16-6)13-4-5(2)9(15)12-11(13)17-8;1-4-5(2)6-3/h3-15H,1-2H3;5-11,13,15,17-18,20,25H,4,12H2,1-3H3,(H,22,23,26,27);2*6,9-12,14,18H,5,7H2,1-4H3,(H,16,19,20);4,8-11,13,17-18H,5-6H2,1-3H3,(H,15,19,20);4,6-8,10,14H,3H2,1-2H3;5H,4H2,1-3H3/t;13?,15-,17?,18+,20-;2*9?,10-,11?,12+,14-;8?,9-,10?,11+,13-;6-,7?,8-,10-;/m.11111./s1. The molecule has 0 radical (unpaired) electrons. The van der Waals surface area contributed by atoms with Crippen molar-refractivity contribution in [2.75, 3.05) is 88.1 Å². The lowest BCUT2D eigenvalue weighted by atomic mass is 9.84. The van der Waals surface area contributed by atoms with Gasteiger partial charge in [0, 0.05) is 94.4 Å². The van der Waals surface area contributed by atoms with Crippen molar-refractivity contribution in [3.63, 3.8) is 0 Å². The van der Waals surface area contributed by atoms with Gasteiger partial charge in [0.05, 0.1) is 102 Å². The molecule has 804 valence electrons. The van der Waals surface area contributed by atoms with Crippen LogP contribution in [0.5, 0.6) is 17.5 Å². The minimum Gasteiger partial charge on any atom is -0.497 e. The third-order valence-electron chi connectivity index (χ3n) is 25.4. The average molecular weight is 2070 g/mol. The zero-order chi connectivity index (χ0) is 107. The molecule has 10 N–H and O–H groups in total. The van der Waals surface area contributed by atoms with E-state index in [2.05, 4.69) is 44.1 Å². The SMILES string of the molecule is CCC(C)OC.CC[C@H]1O[C@@H](n2cc(C)c(=O)[nH]c2=O)[C@@H](OCC(C)OC)C1O.CC[C@H]1O[C@@H](n2cc(C)c(=O)[nH]c2=O)[C@@H](OCC(C)OC)C1O.CC[C@H]1O[C@@H](n2ccc(NC(=O)c3ccccc3)nc2=O)[C@@H](OCC(C)OC)C1O.CC[C@H]1O[C@@H]2[C@H](Oc3nc(=O)c(C)cn32)C1O.COC(C)CO[C@H]1C(O)[C@@H](CO)O[C@H]1n1cc(C)c(=O)[nH]c1=O.COc1ccc(C(Cl)(c2ccccc2)c2ccc(OC)cc2)cc1. The molecule has 0 spiro atoms. The number of carbonyl (C=O) groups is 1. The van der Waals surface area contributed by atoms with Crippen LogP contribution in [0, 0.1) is 27.7 Å². The fraction of sp³-hybridized carbons (Fsp3) is 0.559. The number of nitrogens with zero attached hydrogens (tertiary/aromatic N) is 7. The van der Waals surface area contributed by atoms with Crippen molar-refractivity contribution in [2.45, 2.75) is 287 Å². The van der Waals surface area contributed by atoms with Gasteiger partial charge in [-0.15, -0.1) is 11.6 Å². The minimum atomic E-state index is -1.12. The summed E-state index contributed by atoms with van der Waals surface area (Å²) in [5.41, 5.74) is 0.894. The molecule has 6 aliphatic heterocycles. The summed E-state index contributed by atoms with van der Waals surface area (Å²) in [4.78, 5) is 121. The first-order valence-corrected chi connectivity index (χ1v) is 48.7. The molecule has 44 heteroatoms. The second kappa shape index (κ2) is 56.4. The Kier molecular flexibility index (Phi) is 45.8. The molecule has 5 aromatic heterocycles. The first-order chi connectivity index (χ1) is 69.7. The van der Waals surface area contributed by atoms with Crippen LogP contribution in [0.1, 0.15) is 182 Å². The number of aliphatic hydroxyl groups is 6. The van der Waals surface area contributed by atoms with Crippen LogP contribution in [0.15, 0.2) is 185 Å². The highest BCUT2D eigenvalue weighted by molar-refractivity contribution is 6.28. The molecule has 4 aromatic carbocycles. The Hall–Kier alpha value is -11.0. The molecular weight excluding hydrogens is 1930 g/mol. The van der Waals surface area contributed by atoms with Crippen molar-refractivity contribution in [3.05, 3.63) is 274 Å². The van der Waals surface area contributed by atoms with Crippen LogP contribution in [0.3, 0.4) is 0 Å². The number of aryl methyl sites for hydroxylation is 4. The van der Waals surface area contributed by atoms with Crippen molar-refractivity contribution in [1.29, 1.82) is 0 Å². The van der Waals surface area contributed by atoms with Crippen molar-refractivity contribution >= 4 is 23.3 Å². The summed E-state index contributed by atoms with van der Waals surface area (Å²) in [5, 5.41) is 63.5. The Balaban J connectivity index is 0.000000194. The Morgan fingerprint density at radius 2 is 0.747 bits per heavy atom. The van der Waals surface area contributed by atoms with Gasteiger partial charge in [-0.3, -0.25) is 61.8 Å². The number of hydrogen-bond acceptors (Lipinski definition) is 34. The van der Waals surface area contributed by atoms with Crippen LogP contribution in [0.25, 0.3) is 0 Å². The highest BCUT2D eigenvalue weighted by Crippen LogP contribution is 2.45. The Morgan fingerprint density at radius 3 is 1.08 bits per heavy atom. The smallest absolute Gasteiger partial charge is 0.351 e. The maximum Gasteiger partial charge on any atom is 0.351 e. The monoisotopic (exact) mass is 2070 g/mol. The Bertz CT molecular complexity index is 5750. The number of aromatic nitrogens is 10. The third kappa shape index (κ3) is 30.0. The molecule has 146 heavy (non-hydrogen) atoms. The van der Waals surface area contributed by atoms with Gasteiger partial charge in [-0.05, 0) is 154 Å². The second-order valence-corrected chi connectivity index (χ2v) is 36.2. The van der Waals surface area contributed by atoms with Gasteiger partial charge in [0.25, 0.3) is 28.1 Å². The van der Waals surface area contributed by atoms with Gasteiger partial charge < -0.3 is 116 Å². The summed E-state index contributed by atoms with van der Waals surface area (Å²) in [6.45, 7) is 26.0. The van der Waals surface area contributed by atoms with Crippen LogP contribution >= 0.6 is 11.6 Å². The maximum atomic E-state index is 12.6. The van der Waals surface area contributed by atoms with Crippen molar-refractivity contribution in [2.24, 2.45) is 0 Å². The predicted octanol–water partition coefficient (Wildman–Crippen LogP) is 6.61. The summed E-state index contributed by atoms with van der Waals surface area (Å²) in [6, 6.07) is 36.2. The van der Waals surface area contributed by atoms with E-state index in [0.29, 0.717) is 53.2 Å². The van der Waals surface area contributed by atoms with Gasteiger partial charge in [-0.1, -0.05) is 107 Å². The molecule has 10 unspecified atom stereocenters. The quantitative estimate of drug-likeness (QED) is 0.0150. The number of hydrogen-bond donors (Lipinski definition) is 10. The van der Waals surface area contributed by atoms with Gasteiger partial charge >= 0.3 is 28.8 Å². The number of ether oxygens (including phenoxy) is 17. The van der Waals surface area contributed by atoms with Gasteiger partial charge in [0.2, 0.25) is 0 Å². The first kappa shape index (κ1) is 119. The Morgan fingerprint density at radius 1 is 0.418 bits per heavy atom. The first-order valence-electron chi connectivity index (χ1n) is 48.3. The molecular formula is C102H142ClN11O32. The average Bonchev–Trinajstić information content (AvgIpc) is 1.71. The van der Waals surface area contributed by atoms with Gasteiger partial charge in [-0.25, -0.2) is 19.2 Å². The third-order valence-corrected chi connectivity index (χ3v) is 26.1. The van der Waals surface area contributed by atoms with E-state index >= 15 is 0 Å². The number of methoxy groups -OCH3 is 7. The molecule has 0 bridgehead atoms. The molecule has 5 saturated heterocycles. The number of nitrogens with one attached hydrogen (secondary N) is 4. The van der Waals surface area contributed by atoms with Crippen molar-refractivity contribution in [1.82, 2.24) is 47.8 Å². The summed E-state index contributed by atoms with van der Waals surface area (Å²) in [5.74, 6) is 1.37. The maximum absolute atomic E-state index is 12.6. The zero-order valence-electron chi connectivity index (χ0n) is 86.2. The zero-order valence-corrected chi connectivity index (χ0v) is 86.9. The number of amides is 1. The van der Waals surface area contributed by atoms with E-state index in [9.17, 15) is 73.8 Å². The number of benzene rings is 4. The number of anilines is 1. The Labute approximate surface area is 849 Å². The van der Waals surface area contributed by atoms with Crippen LogP contribution < -0.4 is 64.5 Å². The second-order valence-electron chi connectivity index (χ2n) is 35.7. The summed E-state index contributed by atoms with van der Waals surface area (Å²) < 4.78 is 99.7. The molecule has 0 aliphatic carbocycles. The fourth-order valence-corrected chi connectivity index (χ4v) is 16.4. The van der Waals surface area contributed by atoms with E-state index in [1.807, 2.05) is 133 Å². The lowest BCUT2D eigenvalue weighted by Gasteiger charge is -2.29. The lowest BCUT2D eigenvalue weighted by molar-refractivity contribution is -0.0943. The normalized spacial score (nSPS) is 25.1. The molecule has 0 saturated carbocycles. The molecule has 9 aromatic rings. The number of aliphatic hydroxyl groups excluding tert-OH is 6. The van der Waals surface area contributed by atoms with E-state index in [1.54, 1.807) is 112 Å². The molecule has 15 rings (SSSR count). The van der Waals surface area contributed by atoms with Crippen LogP contribution in [-0.4, -0.2) is 289 Å². The number of carbonyl (C=O) groups excluding carboxylic acids is 1. The van der Waals surface area contributed by atoms with E-state index < -0.39 is 161 Å². The summed E-state index contributed by atoms with van der Waals surface area (Å²) in [6.07, 6.45) is -3.62. The van der Waals surface area contributed by atoms with Crippen molar-refractivity contribution < 1.29 is 116 Å². The van der Waals surface area contributed by atoms with E-state index in [-0.39, 0.29) is 86.5 Å². The van der Waals surface area contributed by atoms with Crippen LogP contribution in [0.2, 0.25) is 0 Å². The highest BCUT2D eigenvalue weighted by Gasteiger charge is 2.53. The van der Waals surface area contributed by atoms with Crippen LogP contribution in [0.4, 0.5) is 5.82 Å². The molecule has 43 nitrogen and oxygen atoms in total.